The maximum absolute atomic E-state index is 12.5. The van der Waals surface area contributed by atoms with Gasteiger partial charge in [-0.3, -0.25) is 9.52 Å². The van der Waals surface area contributed by atoms with E-state index in [1.165, 1.54) is 43.5 Å². The lowest BCUT2D eigenvalue weighted by atomic mass is 10.3. The van der Waals surface area contributed by atoms with Gasteiger partial charge in [-0.1, -0.05) is 0 Å². The zero-order valence-electron chi connectivity index (χ0n) is 14.3. The molecule has 0 spiro atoms. The van der Waals surface area contributed by atoms with Crippen molar-refractivity contribution in [3.63, 3.8) is 0 Å². The predicted molar refractivity (Wildman–Crippen MR) is 98.7 cm³/mol. The van der Waals surface area contributed by atoms with Crippen molar-refractivity contribution in [2.75, 3.05) is 41.1 Å². The molecule has 0 saturated carbocycles. The molecule has 138 valence electrons. The van der Waals surface area contributed by atoms with E-state index < -0.39 is 10.0 Å². The standard InChI is InChI=1S/C16H20N6O3S/c1-12(23)19-13-2-4-14(5-3-13)26(24,25)21-15-6-7-18-16(20-15)22-10-8-17-9-11-22/h2-7,17H,8-11H2,1H3,(H,19,23)(H,18,20,21). The van der Waals surface area contributed by atoms with Crippen LogP contribution in [0.1, 0.15) is 6.92 Å². The normalized spacial score (nSPS) is 14.7. The van der Waals surface area contributed by atoms with Gasteiger partial charge >= 0.3 is 0 Å². The quantitative estimate of drug-likeness (QED) is 0.701. The van der Waals surface area contributed by atoms with E-state index in [4.69, 9.17) is 0 Å². The molecular formula is C16H20N6O3S. The highest BCUT2D eigenvalue weighted by atomic mass is 32.2. The van der Waals surface area contributed by atoms with E-state index in [1.807, 2.05) is 4.90 Å². The average Bonchev–Trinajstić information content (AvgIpc) is 2.62. The van der Waals surface area contributed by atoms with Crippen LogP contribution in [0.3, 0.4) is 0 Å². The molecule has 2 heterocycles. The van der Waals surface area contributed by atoms with Crippen molar-refractivity contribution in [3.05, 3.63) is 36.5 Å². The average molecular weight is 376 g/mol. The first kappa shape index (κ1) is 18.1. The maximum Gasteiger partial charge on any atom is 0.263 e. The van der Waals surface area contributed by atoms with Crippen molar-refractivity contribution in [1.29, 1.82) is 0 Å². The van der Waals surface area contributed by atoms with Crippen molar-refractivity contribution < 1.29 is 13.2 Å². The number of aromatic nitrogens is 2. The Kier molecular flexibility index (Phi) is 5.33. The number of hydrogen-bond donors (Lipinski definition) is 3. The van der Waals surface area contributed by atoms with Crippen LogP contribution in [0, 0.1) is 0 Å². The fourth-order valence-corrected chi connectivity index (χ4v) is 3.54. The Balaban J connectivity index is 1.75. The Labute approximate surface area is 151 Å². The number of hydrogen-bond acceptors (Lipinski definition) is 7. The van der Waals surface area contributed by atoms with Crippen LogP contribution in [-0.4, -0.2) is 50.5 Å². The third kappa shape index (κ3) is 4.46. The fourth-order valence-electron chi connectivity index (χ4n) is 2.54. The lowest BCUT2D eigenvalue weighted by Crippen LogP contribution is -2.44. The highest BCUT2D eigenvalue weighted by Gasteiger charge is 2.17. The van der Waals surface area contributed by atoms with Gasteiger partial charge in [-0.2, -0.15) is 4.98 Å². The first-order valence-corrected chi connectivity index (χ1v) is 9.61. The summed E-state index contributed by atoms with van der Waals surface area (Å²) in [5.74, 6) is 0.479. The molecule has 26 heavy (non-hydrogen) atoms. The Morgan fingerprint density at radius 2 is 1.85 bits per heavy atom. The highest BCUT2D eigenvalue weighted by molar-refractivity contribution is 7.92. The molecule has 0 atom stereocenters. The topological polar surface area (TPSA) is 116 Å². The van der Waals surface area contributed by atoms with Crippen molar-refractivity contribution in [2.24, 2.45) is 0 Å². The molecule has 10 heteroatoms. The van der Waals surface area contributed by atoms with Crippen molar-refractivity contribution in [3.8, 4) is 0 Å². The van der Waals surface area contributed by atoms with Crippen molar-refractivity contribution in [2.45, 2.75) is 11.8 Å². The van der Waals surface area contributed by atoms with Crippen LogP contribution in [0.15, 0.2) is 41.4 Å². The van der Waals surface area contributed by atoms with Crippen molar-refractivity contribution >= 4 is 33.4 Å². The maximum atomic E-state index is 12.5. The zero-order chi connectivity index (χ0) is 18.6. The molecular weight excluding hydrogens is 356 g/mol. The van der Waals surface area contributed by atoms with Gasteiger partial charge in [0.2, 0.25) is 11.9 Å². The number of piperazine rings is 1. The third-order valence-corrected chi connectivity index (χ3v) is 5.14. The van der Waals surface area contributed by atoms with Gasteiger partial charge < -0.3 is 15.5 Å². The van der Waals surface area contributed by atoms with Gasteiger partial charge in [0.15, 0.2) is 0 Å². The first-order valence-electron chi connectivity index (χ1n) is 8.13. The van der Waals surface area contributed by atoms with E-state index >= 15 is 0 Å². The number of benzene rings is 1. The van der Waals surface area contributed by atoms with Crippen LogP contribution in [0.4, 0.5) is 17.5 Å². The van der Waals surface area contributed by atoms with Crippen molar-refractivity contribution in [1.82, 2.24) is 15.3 Å². The monoisotopic (exact) mass is 376 g/mol. The van der Waals surface area contributed by atoms with Crippen LogP contribution in [0.5, 0.6) is 0 Å². The van der Waals surface area contributed by atoms with Crippen LogP contribution < -0.4 is 20.3 Å². The van der Waals surface area contributed by atoms with Gasteiger partial charge in [0.25, 0.3) is 10.0 Å². The Morgan fingerprint density at radius 3 is 2.50 bits per heavy atom. The van der Waals surface area contributed by atoms with E-state index in [1.54, 1.807) is 0 Å². The van der Waals surface area contributed by atoms with E-state index in [9.17, 15) is 13.2 Å². The molecule has 1 fully saturated rings. The molecule has 0 bridgehead atoms. The molecule has 1 aliphatic heterocycles. The summed E-state index contributed by atoms with van der Waals surface area (Å²) in [6.07, 6.45) is 1.53. The summed E-state index contributed by atoms with van der Waals surface area (Å²) in [7, 11) is -3.79. The molecule has 1 saturated heterocycles. The van der Waals surface area contributed by atoms with E-state index in [0.29, 0.717) is 11.6 Å². The molecule has 2 aromatic rings. The van der Waals surface area contributed by atoms with E-state index in [-0.39, 0.29) is 16.6 Å². The van der Waals surface area contributed by atoms with Gasteiger partial charge in [-0.05, 0) is 30.3 Å². The SMILES string of the molecule is CC(=O)Nc1ccc(S(=O)(=O)Nc2ccnc(N3CCNCC3)n2)cc1. The molecule has 9 nitrogen and oxygen atoms in total. The largest absolute Gasteiger partial charge is 0.338 e. The number of anilines is 3. The van der Waals surface area contributed by atoms with Gasteiger partial charge in [-0.15, -0.1) is 0 Å². The summed E-state index contributed by atoms with van der Waals surface area (Å²) >= 11 is 0. The summed E-state index contributed by atoms with van der Waals surface area (Å²) in [6, 6.07) is 7.41. The molecule has 1 aromatic heterocycles. The molecule has 1 amide bonds. The van der Waals surface area contributed by atoms with E-state index in [0.717, 1.165) is 26.2 Å². The number of sulfonamides is 1. The lowest BCUT2D eigenvalue weighted by Gasteiger charge is -2.27. The Hall–Kier alpha value is -2.72. The Bertz CT molecular complexity index is 879. The number of rotatable bonds is 5. The highest BCUT2D eigenvalue weighted by Crippen LogP contribution is 2.18. The van der Waals surface area contributed by atoms with E-state index in [2.05, 4.69) is 25.3 Å². The minimum Gasteiger partial charge on any atom is -0.338 e. The first-order chi connectivity index (χ1) is 12.4. The second-order valence-electron chi connectivity index (χ2n) is 5.79. The van der Waals surface area contributed by atoms with Gasteiger partial charge in [-0.25, -0.2) is 13.4 Å². The summed E-state index contributed by atoms with van der Waals surface area (Å²) in [6.45, 7) is 4.58. The predicted octanol–water partition coefficient (Wildman–Crippen LogP) is 0.645. The summed E-state index contributed by atoms with van der Waals surface area (Å²) < 4.78 is 27.5. The minimum atomic E-state index is -3.79. The number of carbonyl (C=O) groups is 1. The molecule has 3 N–H and O–H groups in total. The fraction of sp³-hybridized carbons (Fsp3) is 0.312. The molecule has 0 unspecified atom stereocenters. The van der Waals surface area contributed by atoms with Crippen LogP contribution >= 0.6 is 0 Å². The second-order valence-corrected chi connectivity index (χ2v) is 7.47. The summed E-state index contributed by atoms with van der Waals surface area (Å²) in [5.41, 5.74) is 0.527. The molecule has 0 aliphatic carbocycles. The van der Waals surface area contributed by atoms with Gasteiger partial charge in [0, 0.05) is 45.0 Å². The number of amides is 1. The zero-order valence-corrected chi connectivity index (χ0v) is 15.1. The Morgan fingerprint density at radius 1 is 1.15 bits per heavy atom. The molecule has 1 aromatic carbocycles. The lowest BCUT2D eigenvalue weighted by molar-refractivity contribution is -0.114. The minimum absolute atomic E-state index is 0.0777. The number of nitrogens with one attached hydrogen (secondary N) is 3. The summed E-state index contributed by atoms with van der Waals surface area (Å²) in [5, 5.41) is 5.83. The smallest absolute Gasteiger partial charge is 0.263 e. The number of nitrogens with zero attached hydrogens (tertiary/aromatic N) is 3. The van der Waals surface area contributed by atoms with Gasteiger partial charge in [0.1, 0.15) is 5.82 Å². The molecule has 3 rings (SSSR count). The van der Waals surface area contributed by atoms with Crippen LogP contribution in [0.2, 0.25) is 0 Å². The molecule has 1 aliphatic rings. The van der Waals surface area contributed by atoms with Crippen LogP contribution in [0.25, 0.3) is 0 Å². The number of carbonyl (C=O) groups excluding carboxylic acids is 1. The summed E-state index contributed by atoms with van der Waals surface area (Å²) in [4.78, 5) is 21.6. The van der Waals surface area contributed by atoms with Crippen LogP contribution in [-0.2, 0) is 14.8 Å². The second kappa shape index (κ2) is 7.67. The third-order valence-electron chi connectivity index (χ3n) is 3.77. The van der Waals surface area contributed by atoms with Gasteiger partial charge in [0.05, 0.1) is 4.90 Å². The molecule has 0 radical (unpaired) electrons.